The fourth-order valence-corrected chi connectivity index (χ4v) is 6.32. The molecule has 162 valence electrons. The molecule has 0 atom stereocenters. The number of pyridine rings is 1. The monoisotopic (exact) mass is 455 g/mol. The SMILES string of the molecule is O=C(c1cccnc1SC1CCCC1)N1CCN(Cc2cc(=O)n3ccsc3n2)CC1. The van der Waals surface area contributed by atoms with Gasteiger partial charge in [0, 0.05) is 61.8 Å². The van der Waals surface area contributed by atoms with E-state index in [1.807, 2.05) is 22.4 Å². The number of carbonyl (C=O) groups excluding carboxylic acids is 1. The molecular weight excluding hydrogens is 430 g/mol. The predicted octanol–water partition coefficient (Wildman–Crippen LogP) is 3.14. The Morgan fingerprint density at radius 1 is 1.19 bits per heavy atom. The summed E-state index contributed by atoms with van der Waals surface area (Å²) in [6.07, 6.45) is 8.51. The Morgan fingerprint density at radius 2 is 2.00 bits per heavy atom. The first-order valence-electron chi connectivity index (χ1n) is 10.8. The van der Waals surface area contributed by atoms with Gasteiger partial charge in [0.15, 0.2) is 4.96 Å². The average Bonchev–Trinajstić information content (AvgIpc) is 3.46. The number of rotatable bonds is 5. The number of thiazole rings is 1. The minimum absolute atomic E-state index is 0.0427. The number of piperazine rings is 1. The van der Waals surface area contributed by atoms with Crippen LogP contribution in [-0.2, 0) is 6.54 Å². The third-order valence-corrected chi connectivity index (χ3v) is 8.09. The van der Waals surface area contributed by atoms with Gasteiger partial charge in [0.25, 0.3) is 11.5 Å². The number of thioether (sulfide) groups is 1. The first kappa shape index (κ1) is 20.7. The quantitative estimate of drug-likeness (QED) is 0.589. The molecule has 1 saturated heterocycles. The lowest BCUT2D eigenvalue weighted by molar-refractivity contribution is 0.0623. The number of amides is 1. The summed E-state index contributed by atoms with van der Waals surface area (Å²) >= 11 is 3.23. The van der Waals surface area contributed by atoms with Crippen LogP contribution in [0, 0.1) is 0 Å². The summed E-state index contributed by atoms with van der Waals surface area (Å²) in [5, 5.41) is 3.32. The summed E-state index contributed by atoms with van der Waals surface area (Å²) in [5.41, 5.74) is 1.47. The van der Waals surface area contributed by atoms with Gasteiger partial charge in [0.2, 0.25) is 0 Å². The number of nitrogens with zero attached hydrogens (tertiary/aromatic N) is 5. The Kier molecular flexibility index (Phi) is 6.06. The third kappa shape index (κ3) is 4.53. The number of fused-ring (bicyclic) bond motifs is 1. The van der Waals surface area contributed by atoms with Crippen LogP contribution in [0.15, 0.2) is 45.8 Å². The van der Waals surface area contributed by atoms with Crippen LogP contribution >= 0.6 is 23.1 Å². The normalized spacial score (nSPS) is 18.1. The molecule has 4 heterocycles. The van der Waals surface area contributed by atoms with Crippen LogP contribution in [0.4, 0.5) is 0 Å². The Morgan fingerprint density at radius 3 is 2.81 bits per heavy atom. The van der Waals surface area contributed by atoms with Crippen molar-refractivity contribution in [1.82, 2.24) is 24.2 Å². The van der Waals surface area contributed by atoms with Crippen LogP contribution < -0.4 is 5.56 Å². The smallest absolute Gasteiger partial charge is 0.258 e. The zero-order chi connectivity index (χ0) is 21.2. The lowest BCUT2D eigenvalue weighted by Crippen LogP contribution is -2.48. The number of hydrogen-bond acceptors (Lipinski definition) is 7. The van der Waals surface area contributed by atoms with E-state index in [9.17, 15) is 9.59 Å². The van der Waals surface area contributed by atoms with Crippen molar-refractivity contribution in [1.29, 1.82) is 0 Å². The van der Waals surface area contributed by atoms with Gasteiger partial charge in [-0.15, -0.1) is 23.1 Å². The van der Waals surface area contributed by atoms with Gasteiger partial charge >= 0.3 is 0 Å². The lowest BCUT2D eigenvalue weighted by Gasteiger charge is -2.34. The molecule has 1 amide bonds. The van der Waals surface area contributed by atoms with Gasteiger partial charge in [-0.1, -0.05) is 12.8 Å². The minimum atomic E-state index is -0.0427. The van der Waals surface area contributed by atoms with Gasteiger partial charge in [-0.3, -0.25) is 18.9 Å². The molecule has 0 N–H and O–H groups in total. The highest BCUT2D eigenvalue weighted by Crippen LogP contribution is 2.35. The molecule has 1 aliphatic carbocycles. The summed E-state index contributed by atoms with van der Waals surface area (Å²) in [5.74, 6) is 0.0737. The van der Waals surface area contributed by atoms with Gasteiger partial charge in [-0.25, -0.2) is 9.97 Å². The molecule has 9 heteroatoms. The van der Waals surface area contributed by atoms with Crippen molar-refractivity contribution in [3.8, 4) is 0 Å². The highest BCUT2D eigenvalue weighted by atomic mass is 32.2. The molecule has 0 aromatic carbocycles. The second-order valence-corrected chi connectivity index (χ2v) is 10.3. The first-order chi connectivity index (χ1) is 15.2. The summed E-state index contributed by atoms with van der Waals surface area (Å²) in [4.78, 5) is 39.5. The van der Waals surface area contributed by atoms with Gasteiger partial charge < -0.3 is 4.90 Å². The van der Waals surface area contributed by atoms with E-state index in [1.54, 1.807) is 34.6 Å². The molecule has 3 aromatic heterocycles. The molecule has 0 bridgehead atoms. The molecule has 0 spiro atoms. The van der Waals surface area contributed by atoms with Gasteiger partial charge in [0.1, 0.15) is 5.03 Å². The highest BCUT2D eigenvalue weighted by Gasteiger charge is 2.26. The molecule has 2 fully saturated rings. The van der Waals surface area contributed by atoms with E-state index >= 15 is 0 Å². The summed E-state index contributed by atoms with van der Waals surface area (Å²) in [7, 11) is 0. The largest absolute Gasteiger partial charge is 0.336 e. The molecule has 3 aromatic rings. The highest BCUT2D eigenvalue weighted by molar-refractivity contribution is 7.99. The van der Waals surface area contributed by atoms with Gasteiger partial charge in [0.05, 0.1) is 11.3 Å². The van der Waals surface area contributed by atoms with E-state index in [-0.39, 0.29) is 11.5 Å². The molecule has 1 aliphatic heterocycles. The molecule has 5 rings (SSSR count). The summed E-state index contributed by atoms with van der Waals surface area (Å²) in [6.45, 7) is 3.50. The summed E-state index contributed by atoms with van der Waals surface area (Å²) < 4.78 is 1.57. The first-order valence-corrected chi connectivity index (χ1v) is 12.5. The van der Waals surface area contributed by atoms with E-state index < -0.39 is 0 Å². The summed E-state index contributed by atoms with van der Waals surface area (Å²) in [6, 6.07) is 5.37. The molecule has 2 aliphatic rings. The van der Waals surface area contributed by atoms with Crippen molar-refractivity contribution in [2.24, 2.45) is 0 Å². The van der Waals surface area contributed by atoms with Crippen LogP contribution in [-0.4, -0.2) is 61.5 Å². The Labute approximate surface area is 189 Å². The minimum Gasteiger partial charge on any atom is -0.336 e. The Balaban J connectivity index is 1.22. The molecule has 31 heavy (non-hydrogen) atoms. The van der Waals surface area contributed by atoms with Gasteiger partial charge in [-0.05, 0) is 25.0 Å². The maximum Gasteiger partial charge on any atom is 0.258 e. The zero-order valence-corrected chi connectivity index (χ0v) is 18.9. The van der Waals surface area contributed by atoms with Crippen molar-refractivity contribution >= 4 is 34.0 Å². The topological polar surface area (TPSA) is 70.8 Å². The van der Waals surface area contributed by atoms with Crippen molar-refractivity contribution in [3.05, 3.63) is 57.6 Å². The second-order valence-electron chi connectivity index (χ2n) is 8.09. The van der Waals surface area contributed by atoms with E-state index in [4.69, 9.17) is 0 Å². The van der Waals surface area contributed by atoms with Crippen LogP contribution in [0.5, 0.6) is 0 Å². The Bertz CT molecular complexity index is 1130. The van der Waals surface area contributed by atoms with E-state index in [0.29, 0.717) is 24.9 Å². The average molecular weight is 456 g/mol. The molecule has 7 nitrogen and oxygen atoms in total. The van der Waals surface area contributed by atoms with Crippen molar-refractivity contribution in [3.63, 3.8) is 0 Å². The third-order valence-electron chi connectivity index (χ3n) is 5.98. The van der Waals surface area contributed by atoms with Crippen molar-refractivity contribution < 1.29 is 4.79 Å². The molecule has 0 unspecified atom stereocenters. The fourth-order valence-electron chi connectivity index (χ4n) is 4.29. The maximum atomic E-state index is 13.2. The predicted molar refractivity (Wildman–Crippen MR) is 123 cm³/mol. The van der Waals surface area contributed by atoms with E-state index in [2.05, 4.69) is 14.9 Å². The van der Waals surface area contributed by atoms with E-state index in [0.717, 1.165) is 34.3 Å². The van der Waals surface area contributed by atoms with Gasteiger partial charge in [-0.2, -0.15) is 0 Å². The fraction of sp³-hybridized carbons (Fsp3) is 0.455. The number of hydrogen-bond donors (Lipinski definition) is 0. The van der Waals surface area contributed by atoms with Crippen LogP contribution in [0.3, 0.4) is 0 Å². The second kappa shape index (κ2) is 9.10. The van der Waals surface area contributed by atoms with Crippen molar-refractivity contribution in [2.45, 2.75) is 42.5 Å². The van der Waals surface area contributed by atoms with Crippen LogP contribution in [0.1, 0.15) is 41.7 Å². The lowest BCUT2D eigenvalue weighted by atomic mass is 10.2. The molecule has 0 radical (unpaired) electrons. The standard InChI is InChI=1S/C22H25N5O2S2/c28-19-14-16(24-22-27(19)12-13-30-22)15-25-8-10-26(11-9-25)21(29)18-6-3-7-23-20(18)31-17-4-1-2-5-17/h3,6-7,12-14,17H,1-2,4-5,8-11,15H2. The maximum absolute atomic E-state index is 13.2. The van der Waals surface area contributed by atoms with E-state index in [1.165, 1.54) is 37.0 Å². The van der Waals surface area contributed by atoms with Crippen molar-refractivity contribution in [2.75, 3.05) is 26.2 Å². The number of carbonyl (C=O) groups is 1. The Hall–Kier alpha value is -2.23. The number of aromatic nitrogens is 3. The van der Waals surface area contributed by atoms with Crippen LogP contribution in [0.25, 0.3) is 4.96 Å². The molecule has 1 saturated carbocycles. The van der Waals surface area contributed by atoms with Crippen LogP contribution in [0.2, 0.25) is 0 Å². The zero-order valence-electron chi connectivity index (χ0n) is 17.3. The molecular formula is C22H25N5O2S2.